The lowest BCUT2D eigenvalue weighted by Gasteiger charge is -2.38. The standard InChI is InChI=1S/C16H24N4O.ClH/c1-16(4-7-18-13-16)15(21)20-10-8-19(9-11-20)12-14-2-5-17-6-3-14;/h2-3,5-6,18H,4,7-13H2,1H3;1H. The third kappa shape index (κ3) is 3.77. The SMILES string of the molecule is CC1(C(=O)N2CCN(Cc3ccncc3)CC2)CCNC1.Cl. The molecule has 2 aliphatic rings. The number of amides is 1. The molecule has 5 nitrogen and oxygen atoms in total. The highest BCUT2D eigenvalue weighted by Crippen LogP contribution is 2.27. The van der Waals surface area contributed by atoms with Crippen molar-refractivity contribution in [3.63, 3.8) is 0 Å². The Bertz CT molecular complexity index is 482. The maximum absolute atomic E-state index is 12.6. The van der Waals surface area contributed by atoms with E-state index < -0.39 is 0 Å². The van der Waals surface area contributed by atoms with Gasteiger partial charge in [0.05, 0.1) is 5.41 Å². The van der Waals surface area contributed by atoms with Gasteiger partial charge in [-0.2, -0.15) is 0 Å². The van der Waals surface area contributed by atoms with Gasteiger partial charge < -0.3 is 10.2 Å². The number of piperazine rings is 1. The average molecular weight is 325 g/mol. The third-order valence-electron chi connectivity index (χ3n) is 4.70. The van der Waals surface area contributed by atoms with E-state index in [-0.39, 0.29) is 17.8 Å². The molecule has 0 spiro atoms. The van der Waals surface area contributed by atoms with Crippen LogP contribution in [0.3, 0.4) is 0 Å². The summed E-state index contributed by atoms with van der Waals surface area (Å²) in [5.74, 6) is 0.330. The van der Waals surface area contributed by atoms with E-state index in [2.05, 4.69) is 39.2 Å². The van der Waals surface area contributed by atoms with Gasteiger partial charge in [-0.25, -0.2) is 0 Å². The number of nitrogens with zero attached hydrogens (tertiary/aromatic N) is 3. The molecular weight excluding hydrogens is 300 g/mol. The van der Waals surface area contributed by atoms with Gasteiger partial charge in [0.2, 0.25) is 5.91 Å². The average Bonchev–Trinajstić information content (AvgIpc) is 2.96. The van der Waals surface area contributed by atoms with Gasteiger partial charge in [-0.1, -0.05) is 0 Å². The van der Waals surface area contributed by atoms with Crippen molar-refractivity contribution in [3.05, 3.63) is 30.1 Å². The van der Waals surface area contributed by atoms with Gasteiger partial charge in [-0.15, -0.1) is 12.4 Å². The molecule has 1 unspecified atom stereocenters. The molecule has 1 amide bonds. The van der Waals surface area contributed by atoms with Gasteiger partial charge >= 0.3 is 0 Å². The fourth-order valence-corrected chi connectivity index (χ4v) is 3.24. The van der Waals surface area contributed by atoms with E-state index in [1.165, 1.54) is 5.56 Å². The Hall–Kier alpha value is -1.17. The summed E-state index contributed by atoms with van der Waals surface area (Å²) < 4.78 is 0. The molecular formula is C16H25ClN4O. The van der Waals surface area contributed by atoms with Gasteiger partial charge in [-0.3, -0.25) is 14.7 Å². The smallest absolute Gasteiger partial charge is 0.229 e. The maximum atomic E-state index is 12.6. The van der Waals surface area contributed by atoms with Crippen LogP contribution in [0.1, 0.15) is 18.9 Å². The predicted octanol–water partition coefficient (Wildman–Crippen LogP) is 1.15. The van der Waals surface area contributed by atoms with E-state index in [4.69, 9.17) is 0 Å². The Morgan fingerprint density at radius 2 is 1.95 bits per heavy atom. The molecule has 2 fully saturated rings. The molecule has 3 heterocycles. The van der Waals surface area contributed by atoms with Crippen LogP contribution in [0, 0.1) is 5.41 Å². The second-order valence-electron chi connectivity index (χ2n) is 6.41. The number of hydrogen-bond acceptors (Lipinski definition) is 4. The van der Waals surface area contributed by atoms with Crippen molar-refractivity contribution in [2.75, 3.05) is 39.3 Å². The van der Waals surface area contributed by atoms with Crippen LogP contribution >= 0.6 is 12.4 Å². The Balaban J connectivity index is 0.00000176. The minimum atomic E-state index is -0.187. The second-order valence-corrected chi connectivity index (χ2v) is 6.41. The number of aromatic nitrogens is 1. The number of carbonyl (C=O) groups is 1. The Morgan fingerprint density at radius 1 is 1.27 bits per heavy atom. The van der Waals surface area contributed by atoms with Crippen molar-refractivity contribution in [2.24, 2.45) is 5.41 Å². The number of pyridine rings is 1. The number of carbonyl (C=O) groups excluding carboxylic acids is 1. The molecule has 0 aliphatic carbocycles. The Morgan fingerprint density at radius 3 is 2.55 bits per heavy atom. The maximum Gasteiger partial charge on any atom is 0.229 e. The summed E-state index contributed by atoms with van der Waals surface area (Å²) in [6.07, 6.45) is 4.63. The van der Waals surface area contributed by atoms with Crippen LogP contribution in [0.15, 0.2) is 24.5 Å². The molecule has 0 bridgehead atoms. The van der Waals surface area contributed by atoms with Crippen molar-refractivity contribution >= 4 is 18.3 Å². The zero-order valence-corrected chi connectivity index (χ0v) is 13.9. The molecule has 1 atom stereocenters. The minimum absolute atomic E-state index is 0. The van der Waals surface area contributed by atoms with E-state index in [1.807, 2.05) is 12.4 Å². The normalized spacial score (nSPS) is 25.8. The van der Waals surface area contributed by atoms with Crippen molar-refractivity contribution in [1.29, 1.82) is 0 Å². The number of nitrogens with one attached hydrogen (secondary N) is 1. The Labute approximate surface area is 138 Å². The van der Waals surface area contributed by atoms with E-state index in [0.717, 1.165) is 52.2 Å². The van der Waals surface area contributed by atoms with Gasteiger partial charge in [0.1, 0.15) is 0 Å². The fourth-order valence-electron chi connectivity index (χ4n) is 3.24. The molecule has 0 saturated carbocycles. The zero-order valence-electron chi connectivity index (χ0n) is 13.1. The highest BCUT2D eigenvalue weighted by atomic mass is 35.5. The molecule has 2 aliphatic heterocycles. The Kier molecular flexibility index (Phi) is 5.78. The summed E-state index contributed by atoms with van der Waals surface area (Å²) in [5, 5.41) is 3.31. The number of rotatable bonds is 3. The summed E-state index contributed by atoms with van der Waals surface area (Å²) in [5.41, 5.74) is 1.10. The molecule has 0 radical (unpaired) electrons. The monoisotopic (exact) mass is 324 g/mol. The lowest BCUT2D eigenvalue weighted by atomic mass is 9.88. The van der Waals surface area contributed by atoms with Gasteiger partial charge in [0, 0.05) is 51.7 Å². The number of hydrogen-bond donors (Lipinski definition) is 1. The fraction of sp³-hybridized carbons (Fsp3) is 0.625. The van der Waals surface area contributed by atoms with Crippen molar-refractivity contribution < 1.29 is 4.79 Å². The summed E-state index contributed by atoms with van der Waals surface area (Å²) in [4.78, 5) is 21.2. The van der Waals surface area contributed by atoms with Gasteiger partial charge in [0.25, 0.3) is 0 Å². The van der Waals surface area contributed by atoms with Crippen LogP contribution in [0.25, 0.3) is 0 Å². The topological polar surface area (TPSA) is 48.5 Å². The van der Waals surface area contributed by atoms with E-state index in [9.17, 15) is 4.79 Å². The first kappa shape index (κ1) is 17.2. The molecule has 0 aromatic carbocycles. The van der Waals surface area contributed by atoms with Crippen molar-refractivity contribution in [1.82, 2.24) is 20.1 Å². The first-order chi connectivity index (χ1) is 10.2. The highest BCUT2D eigenvalue weighted by Gasteiger charge is 2.39. The van der Waals surface area contributed by atoms with Crippen LogP contribution in [0.4, 0.5) is 0 Å². The molecule has 22 heavy (non-hydrogen) atoms. The van der Waals surface area contributed by atoms with Gasteiger partial charge in [-0.05, 0) is 37.6 Å². The quantitative estimate of drug-likeness (QED) is 0.906. The first-order valence-corrected chi connectivity index (χ1v) is 7.79. The summed E-state index contributed by atoms with van der Waals surface area (Å²) in [6.45, 7) is 8.43. The van der Waals surface area contributed by atoms with Crippen LogP contribution in [0.2, 0.25) is 0 Å². The summed E-state index contributed by atoms with van der Waals surface area (Å²) in [7, 11) is 0. The van der Waals surface area contributed by atoms with Crippen LogP contribution in [0.5, 0.6) is 0 Å². The lowest BCUT2D eigenvalue weighted by molar-refractivity contribution is -0.142. The number of halogens is 1. The van der Waals surface area contributed by atoms with E-state index in [0.29, 0.717) is 5.91 Å². The predicted molar refractivity (Wildman–Crippen MR) is 88.9 cm³/mol. The van der Waals surface area contributed by atoms with Crippen LogP contribution in [-0.4, -0.2) is 60.0 Å². The summed E-state index contributed by atoms with van der Waals surface area (Å²) in [6, 6.07) is 4.12. The molecule has 2 saturated heterocycles. The lowest BCUT2D eigenvalue weighted by Crippen LogP contribution is -2.52. The second kappa shape index (κ2) is 7.40. The van der Waals surface area contributed by atoms with E-state index in [1.54, 1.807) is 0 Å². The zero-order chi connectivity index (χ0) is 14.7. The highest BCUT2D eigenvalue weighted by molar-refractivity contribution is 5.85. The molecule has 1 N–H and O–H groups in total. The van der Waals surface area contributed by atoms with Crippen LogP contribution < -0.4 is 5.32 Å². The molecule has 1 aromatic rings. The van der Waals surface area contributed by atoms with Crippen molar-refractivity contribution in [2.45, 2.75) is 19.9 Å². The van der Waals surface area contributed by atoms with Crippen LogP contribution in [-0.2, 0) is 11.3 Å². The molecule has 122 valence electrons. The molecule has 1 aromatic heterocycles. The minimum Gasteiger partial charge on any atom is -0.340 e. The molecule has 3 rings (SSSR count). The largest absolute Gasteiger partial charge is 0.340 e. The molecule has 6 heteroatoms. The summed E-state index contributed by atoms with van der Waals surface area (Å²) >= 11 is 0. The third-order valence-corrected chi connectivity index (χ3v) is 4.70. The van der Waals surface area contributed by atoms with Gasteiger partial charge in [0.15, 0.2) is 0 Å². The first-order valence-electron chi connectivity index (χ1n) is 7.79. The van der Waals surface area contributed by atoms with E-state index >= 15 is 0 Å². The van der Waals surface area contributed by atoms with Crippen molar-refractivity contribution in [3.8, 4) is 0 Å².